The van der Waals surface area contributed by atoms with Crippen molar-refractivity contribution in [1.29, 1.82) is 0 Å². The summed E-state index contributed by atoms with van der Waals surface area (Å²) in [6, 6.07) is 10.4. The van der Waals surface area contributed by atoms with Gasteiger partial charge in [0.1, 0.15) is 0 Å². The second-order valence-corrected chi connectivity index (χ2v) is 5.42. The van der Waals surface area contributed by atoms with Crippen molar-refractivity contribution in [1.82, 2.24) is 0 Å². The van der Waals surface area contributed by atoms with Gasteiger partial charge in [-0.05, 0) is 24.0 Å². The third kappa shape index (κ3) is 3.94. The summed E-state index contributed by atoms with van der Waals surface area (Å²) < 4.78 is 0.734. The zero-order valence-corrected chi connectivity index (χ0v) is 10.1. The Kier molecular flexibility index (Phi) is 4.50. The monoisotopic (exact) mass is 286 g/mol. The van der Waals surface area contributed by atoms with Crippen LogP contribution in [0.5, 0.6) is 0 Å². The van der Waals surface area contributed by atoms with Crippen molar-refractivity contribution in [2.24, 2.45) is 0 Å². The van der Waals surface area contributed by atoms with E-state index in [0.29, 0.717) is 0 Å². The Labute approximate surface area is 94.2 Å². The van der Waals surface area contributed by atoms with Crippen LogP contribution in [-0.4, -0.2) is 3.92 Å². The average molecular weight is 286 g/mol. The van der Waals surface area contributed by atoms with E-state index in [4.69, 9.17) is 0 Å². The van der Waals surface area contributed by atoms with Crippen molar-refractivity contribution in [2.45, 2.75) is 23.7 Å². The first-order chi connectivity index (χ1) is 6.20. The van der Waals surface area contributed by atoms with E-state index in [9.17, 15) is 0 Å². The van der Waals surface area contributed by atoms with Gasteiger partial charge in [0.15, 0.2) is 0 Å². The van der Waals surface area contributed by atoms with Crippen LogP contribution in [0.1, 0.15) is 25.3 Å². The summed E-state index contributed by atoms with van der Waals surface area (Å²) in [5, 5.41) is 0. The average Bonchev–Trinajstić information content (AvgIpc) is 2.15. The summed E-state index contributed by atoms with van der Waals surface area (Å²) in [5.74, 6) is 0. The molecule has 0 spiro atoms. The first kappa shape index (κ1) is 10.8. The number of alkyl halides is 1. The quantitative estimate of drug-likeness (QED) is 0.571. The summed E-state index contributed by atoms with van der Waals surface area (Å²) in [4.78, 5) is 0. The fourth-order valence-corrected chi connectivity index (χ4v) is 1.50. The van der Waals surface area contributed by atoms with Crippen molar-refractivity contribution in [3.63, 3.8) is 0 Å². The Morgan fingerprint density at radius 3 is 2.54 bits per heavy atom. The van der Waals surface area contributed by atoms with Gasteiger partial charge in [-0.15, -0.1) is 0 Å². The summed E-state index contributed by atoms with van der Waals surface area (Å²) >= 11 is 2.45. The lowest BCUT2D eigenvalue weighted by Crippen LogP contribution is -1.90. The third-order valence-electron chi connectivity index (χ3n) is 2.03. The molecular formula is C12H15I. The van der Waals surface area contributed by atoms with Crippen molar-refractivity contribution < 1.29 is 0 Å². The van der Waals surface area contributed by atoms with E-state index >= 15 is 0 Å². The van der Waals surface area contributed by atoms with Gasteiger partial charge in [-0.1, -0.05) is 66.4 Å². The van der Waals surface area contributed by atoms with Gasteiger partial charge >= 0.3 is 0 Å². The van der Waals surface area contributed by atoms with Crippen LogP contribution in [-0.2, 0) is 0 Å². The number of halogens is 1. The molecular weight excluding hydrogens is 271 g/mol. The molecule has 0 N–H and O–H groups in total. The minimum atomic E-state index is 0.734. The molecule has 0 radical (unpaired) electrons. The minimum Gasteiger partial charge on any atom is -0.0952 e. The maximum atomic E-state index is 4.09. The van der Waals surface area contributed by atoms with Crippen molar-refractivity contribution >= 4 is 28.2 Å². The predicted molar refractivity (Wildman–Crippen MR) is 68.2 cm³/mol. The van der Waals surface area contributed by atoms with E-state index in [1.54, 1.807) is 0 Å². The summed E-state index contributed by atoms with van der Waals surface area (Å²) in [6.07, 6.45) is 2.32. The van der Waals surface area contributed by atoms with Gasteiger partial charge in [0.2, 0.25) is 0 Å². The molecule has 0 fully saturated rings. The zero-order chi connectivity index (χ0) is 9.68. The van der Waals surface area contributed by atoms with Gasteiger partial charge in [-0.25, -0.2) is 0 Å². The van der Waals surface area contributed by atoms with Gasteiger partial charge < -0.3 is 0 Å². The van der Waals surface area contributed by atoms with Crippen LogP contribution in [0.2, 0.25) is 0 Å². The number of benzene rings is 1. The van der Waals surface area contributed by atoms with E-state index in [1.807, 2.05) is 6.07 Å². The predicted octanol–water partition coefficient (Wildman–Crippen LogP) is 4.30. The van der Waals surface area contributed by atoms with Crippen LogP contribution in [0.4, 0.5) is 0 Å². The Morgan fingerprint density at radius 2 is 2.00 bits per heavy atom. The molecule has 1 heteroatoms. The molecule has 70 valence electrons. The molecule has 0 amide bonds. The first-order valence-electron chi connectivity index (χ1n) is 4.57. The normalized spacial score (nSPS) is 12.5. The standard InChI is InChI=1S/C12H15I/c1-10(8-9-11(2)13)12-6-4-3-5-7-12/h3-7,11H,1,8-9H2,2H3. The van der Waals surface area contributed by atoms with E-state index < -0.39 is 0 Å². The molecule has 0 aliphatic rings. The number of allylic oxidation sites excluding steroid dienone is 1. The maximum Gasteiger partial charge on any atom is 0.00844 e. The molecule has 0 saturated carbocycles. The van der Waals surface area contributed by atoms with Crippen LogP contribution in [0.15, 0.2) is 36.9 Å². The third-order valence-corrected chi connectivity index (χ3v) is 2.65. The Morgan fingerprint density at radius 1 is 1.38 bits per heavy atom. The molecule has 0 aliphatic carbocycles. The Hall–Kier alpha value is -0.310. The Balaban J connectivity index is 2.50. The first-order valence-corrected chi connectivity index (χ1v) is 5.82. The van der Waals surface area contributed by atoms with Crippen molar-refractivity contribution in [2.75, 3.05) is 0 Å². The van der Waals surface area contributed by atoms with Crippen molar-refractivity contribution in [3.8, 4) is 0 Å². The molecule has 0 aromatic heterocycles. The van der Waals surface area contributed by atoms with Crippen LogP contribution in [0.25, 0.3) is 5.57 Å². The fourth-order valence-electron chi connectivity index (χ4n) is 1.19. The van der Waals surface area contributed by atoms with Crippen LogP contribution in [0, 0.1) is 0 Å². The molecule has 1 unspecified atom stereocenters. The van der Waals surface area contributed by atoms with Gasteiger partial charge in [-0.3, -0.25) is 0 Å². The fraction of sp³-hybridized carbons (Fsp3) is 0.333. The summed E-state index contributed by atoms with van der Waals surface area (Å²) in [5.41, 5.74) is 2.53. The molecule has 0 heterocycles. The molecule has 13 heavy (non-hydrogen) atoms. The Bertz CT molecular complexity index is 262. The molecule has 0 bridgehead atoms. The smallest absolute Gasteiger partial charge is 0.00844 e. The zero-order valence-electron chi connectivity index (χ0n) is 7.96. The van der Waals surface area contributed by atoms with Crippen LogP contribution in [0.3, 0.4) is 0 Å². The highest BCUT2D eigenvalue weighted by Gasteiger charge is 2.00. The van der Waals surface area contributed by atoms with E-state index in [2.05, 4.69) is 60.4 Å². The van der Waals surface area contributed by atoms with Crippen LogP contribution < -0.4 is 0 Å². The number of hydrogen-bond donors (Lipinski definition) is 0. The molecule has 1 rings (SSSR count). The molecule has 1 aromatic rings. The summed E-state index contributed by atoms with van der Waals surface area (Å²) in [7, 11) is 0. The lowest BCUT2D eigenvalue weighted by molar-refractivity contribution is 0.868. The minimum absolute atomic E-state index is 0.734. The lowest BCUT2D eigenvalue weighted by atomic mass is 10.0. The molecule has 1 aromatic carbocycles. The van der Waals surface area contributed by atoms with Gasteiger partial charge in [0.25, 0.3) is 0 Å². The van der Waals surface area contributed by atoms with Gasteiger partial charge in [-0.2, -0.15) is 0 Å². The van der Waals surface area contributed by atoms with Gasteiger partial charge in [0, 0.05) is 3.92 Å². The van der Waals surface area contributed by atoms with Crippen LogP contribution >= 0.6 is 22.6 Å². The van der Waals surface area contributed by atoms with E-state index in [-0.39, 0.29) is 0 Å². The highest BCUT2D eigenvalue weighted by Crippen LogP contribution is 2.20. The van der Waals surface area contributed by atoms with Gasteiger partial charge in [0.05, 0.1) is 0 Å². The molecule has 0 aliphatic heterocycles. The SMILES string of the molecule is C=C(CCC(C)I)c1ccccc1. The topological polar surface area (TPSA) is 0 Å². The highest BCUT2D eigenvalue weighted by atomic mass is 127. The summed E-state index contributed by atoms with van der Waals surface area (Å²) in [6.45, 7) is 6.33. The number of rotatable bonds is 4. The van der Waals surface area contributed by atoms with E-state index in [1.165, 1.54) is 17.6 Å². The highest BCUT2D eigenvalue weighted by molar-refractivity contribution is 14.1. The molecule has 1 atom stereocenters. The second-order valence-electron chi connectivity index (χ2n) is 3.29. The van der Waals surface area contributed by atoms with Crippen molar-refractivity contribution in [3.05, 3.63) is 42.5 Å². The second kappa shape index (κ2) is 5.43. The van der Waals surface area contributed by atoms with E-state index in [0.717, 1.165) is 10.3 Å². The number of hydrogen-bond acceptors (Lipinski definition) is 0. The largest absolute Gasteiger partial charge is 0.0952 e. The maximum absolute atomic E-state index is 4.09. The molecule has 0 nitrogen and oxygen atoms in total. The lowest BCUT2D eigenvalue weighted by Gasteiger charge is -2.06. The molecule has 0 saturated heterocycles.